The van der Waals surface area contributed by atoms with Crippen molar-refractivity contribution in [3.05, 3.63) is 41.1 Å². The molecule has 1 aliphatic carbocycles. The Bertz CT molecular complexity index is 1270. The normalized spacial score (nSPS) is 30.4. The third kappa shape index (κ3) is 5.25. The van der Waals surface area contributed by atoms with Crippen molar-refractivity contribution >= 4 is 33.1 Å². The summed E-state index contributed by atoms with van der Waals surface area (Å²) in [6, 6.07) is -0.776. The zero-order valence-electron chi connectivity index (χ0n) is 21.2. The summed E-state index contributed by atoms with van der Waals surface area (Å²) in [4.78, 5) is 12.6. The van der Waals surface area contributed by atoms with Gasteiger partial charge in [-0.1, -0.05) is 24.4 Å². The summed E-state index contributed by atoms with van der Waals surface area (Å²) in [5, 5.41) is 20.5. The number of hydrogen-bond donors (Lipinski definition) is 2. The first-order chi connectivity index (χ1) is 18.3. The molecular weight excluding hydrogens is 559 g/mol. The van der Waals surface area contributed by atoms with E-state index in [9.17, 15) is 31.8 Å². The number of fused-ring (bicyclic) bond motifs is 2. The van der Waals surface area contributed by atoms with Crippen LogP contribution >= 0.6 is 12.2 Å². The van der Waals surface area contributed by atoms with Gasteiger partial charge in [-0.05, 0) is 19.4 Å². The second-order valence-electron chi connectivity index (χ2n) is 10.4. The van der Waals surface area contributed by atoms with Crippen LogP contribution in [-0.4, -0.2) is 112 Å². The van der Waals surface area contributed by atoms with E-state index in [-0.39, 0.29) is 42.6 Å². The predicted molar refractivity (Wildman–Crippen MR) is 139 cm³/mol. The molecule has 5 rings (SSSR count). The molecule has 15 heteroatoms. The van der Waals surface area contributed by atoms with Gasteiger partial charge < -0.3 is 19.8 Å². The lowest BCUT2D eigenvalue weighted by atomic mass is 9.99. The van der Waals surface area contributed by atoms with E-state index < -0.39 is 39.5 Å². The summed E-state index contributed by atoms with van der Waals surface area (Å²) in [7, 11) is -3.89. The van der Waals surface area contributed by atoms with Crippen molar-refractivity contribution in [2.24, 2.45) is 0 Å². The summed E-state index contributed by atoms with van der Waals surface area (Å²) >= 11 is 5.32. The van der Waals surface area contributed by atoms with E-state index in [4.69, 9.17) is 17.0 Å². The third-order valence-electron chi connectivity index (χ3n) is 7.91. The van der Waals surface area contributed by atoms with Crippen LogP contribution in [0.4, 0.5) is 19.1 Å². The molecule has 214 valence electrons. The number of hydrogen-bond acceptors (Lipinski definition) is 10. The Balaban J connectivity index is 1.43. The highest BCUT2D eigenvalue weighted by Crippen LogP contribution is 2.38. The molecule has 0 aromatic carbocycles. The van der Waals surface area contributed by atoms with Crippen LogP contribution in [0.2, 0.25) is 0 Å². The van der Waals surface area contributed by atoms with Gasteiger partial charge in [0.1, 0.15) is 0 Å². The zero-order chi connectivity index (χ0) is 28.2. The number of morpholine rings is 1. The molecule has 39 heavy (non-hydrogen) atoms. The topological polar surface area (TPSA) is 119 Å². The standard InChI is InChI=1S/C24H30F3N5O5S2/c1-23(34,24(25,26)27)15-9-28-22(29-10-15)31-7-6-30(39(35,36)21-5-3-2-4-20(21)38)11-17(31)12-32-16-8-19(33)18(32)14-37-13-16/h2-3,5,9-10,16-19,33-34H,4,6-8,11-14H2,1H3/t16-,17+,18-,19-,23+/m0/s1. The fraction of sp³-hybridized carbons (Fsp3) is 0.625. The zero-order valence-corrected chi connectivity index (χ0v) is 22.8. The first-order valence-electron chi connectivity index (χ1n) is 12.6. The van der Waals surface area contributed by atoms with Gasteiger partial charge >= 0.3 is 6.18 Å². The van der Waals surface area contributed by atoms with Crippen molar-refractivity contribution in [1.29, 1.82) is 0 Å². The Morgan fingerprint density at radius 2 is 1.92 bits per heavy atom. The van der Waals surface area contributed by atoms with Gasteiger partial charge in [-0.25, -0.2) is 18.4 Å². The van der Waals surface area contributed by atoms with Crippen LogP contribution in [0.1, 0.15) is 25.3 Å². The molecule has 0 spiro atoms. The lowest BCUT2D eigenvalue weighted by molar-refractivity contribution is -0.259. The average Bonchev–Trinajstić information content (AvgIpc) is 3.04. The Morgan fingerprint density at radius 3 is 2.56 bits per heavy atom. The molecule has 0 radical (unpaired) electrons. The van der Waals surface area contributed by atoms with Gasteiger partial charge in [0.25, 0.3) is 0 Å². The molecule has 0 saturated carbocycles. The monoisotopic (exact) mass is 589 g/mol. The van der Waals surface area contributed by atoms with Gasteiger partial charge in [0.05, 0.1) is 36.3 Å². The summed E-state index contributed by atoms with van der Waals surface area (Å²) < 4.78 is 74.0. The first-order valence-corrected chi connectivity index (χ1v) is 14.5. The fourth-order valence-corrected chi connectivity index (χ4v) is 7.60. The molecule has 3 saturated heterocycles. The molecular formula is C24H30F3N5O5S2. The Hall–Kier alpha value is -2.01. The number of aliphatic hydroxyl groups excluding tert-OH is 1. The molecule has 3 fully saturated rings. The van der Waals surface area contributed by atoms with Gasteiger partial charge in [0, 0.05) is 61.5 Å². The van der Waals surface area contributed by atoms with Gasteiger partial charge in [-0.15, -0.1) is 0 Å². The number of halogens is 3. The summed E-state index contributed by atoms with van der Waals surface area (Å²) in [6.45, 7) is 2.10. The average molecular weight is 590 g/mol. The van der Waals surface area contributed by atoms with E-state index in [0.29, 0.717) is 44.4 Å². The van der Waals surface area contributed by atoms with E-state index in [0.717, 1.165) is 12.4 Å². The van der Waals surface area contributed by atoms with Crippen molar-refractivity contribution in [3.8, 4) is 0 Å². The van der Waals surface area contributed by atoms with Crippen molar-refractivity contribution in [3.63, 3.8) is 0 Å². The van der Waals surface area contributed by atoms with Gasteiger partial charge in [0.15, 0.2) is 5.60 Å². The number of piperazine rings is 1. The number of rotatable bonds is 6. The lowest BCUT2D eigenvalue weighted by Gasteiger charge is -2.45. The molecule has 0 amide bonds. The van der Waals surface area contributed by atoms with E-state index in [2.05, 4.69) is 14.9 Å². The number of allylic oxidation sites excluding steroid dienone is 4. The van der Waals surface area contributed by atoms with Crippen LogP contribution < -0.4 is 4.90 Å². The second-order valence-corrected chi connectivity index (χ2v) is 12.8. The number of ether oxygens (including phenoxy) is 1. The SMILES string of the molecule is C[C@@](O)(c1cnc(N2CCN(S(=O)(=O)C3=CC=CCC3=S)C[C@@H]2CN2[C@@H]3COC[C@H]2[C@@H](O)C3)nc1)C(F)(F)F. The van der Waals surface area contributed by atoms with Crippen molar-refractivity contribution < 1.29 is 36.5 Å². The molecule has 1 aromatic heterocycles. The molecule has 2 bridgehead atoms. The smallest absolute Gasteiger partial charge is 0.391 e. The number of aliphatic hydroxyl groups is 2. The fourth-order valence-electron chi connectivity index (χ4n) is 5.53. The molecule has 5 atom stereocenters. The quantitative estimate of drug-likeness (QED) is 0.467. The number of thiocarbonyl (C=S) groups is 1. The predicted octanol–water partition coefficient (Wildman–Crippen LogP) is 1.11. The molecule has 1 aromatic rings. The number of aromatic nitrogens is 2. The van der Waals surface area contributed by atoms with Crippen LogP contribution in [0, 0.1) is 0 Å². The Morgan fingerprint density at radius 1 is 1.21 bits per heavy atom. The minimum Gasteiger partial charge on any atom is -0.391 e. The Kier molecular flexibility index (Phi) is 7.63. The molecule has 10 nitrogen and oxygen atoms in total. The van der Waals surface area contributed by atoms with Crippen LogP contribution in [0.3, 0.4) is 0 Å². The van der Waals surface area contributed by atoms with Crippen LogP contribution in [-0.2, 0) is 20.4 Å². The third-order valence-corrected chi connectivity index (χ3v) is 10.4. The Labute approximate surface area is 229 Å². The highest BCUT2D eigenvalue weighted by molar-refractivity contribution is 7.96. The minimum atomic E-state index is -4.92. The number of anilines is 1. The maximum atomic E-state index is 13.6. The van der Waals surface area contributed by atoms with Crippen molar-refractivity contribution in [1.82, 2.24) is 19.2 Å². The second kappa shape index (κ2) is 10.4. The molecule has 4 aliphatic rings. The summed E-state index contributed by atoms with van der Waals surface area (Å²) in [5.74, 6) is 0.121. The van der Waals surface area contributed by atoms with Crippen LogP contribution in [0.15, 0.2) is 35.5 Å². The maximum Gasteiger partial charge on any atom is 0.421 e. The highest BCUT2D eigenvalue weighted by atomic mass is 32.2. The van der Waals surface area contributed by atoms with Crippen LogP contribution in [0.25, 0.3) is 0 Å². The number of alkyl halides is 3. The largest absolute Gasteiger partial charge is 0.421 e. The number of sulfonamides is 1. The molecule has 3 aliphatic heterocycles. The molecule has 4 heterocycles. The van der Waals surface area contributed by atoms with Gasteiger partial charge in [-0.2, -0.15) is 17.5 Å². The summed E-state index contributed by atoms with van der Waals surface area (Å²) in [6.07, 6.45) is 2.23. The van der Waals surface area contributed by atoms with Crippen molar-refractivity contribution in [2.75, 3.05) is 44.3 Å². The summed E-state index contributed by atoms with van der Waals surface area (Å²) in [5.41, 5.74) is -3.63. The van der Waals surface area contributed by atoms with E-state index in [1.165, 1.54) is 10.4 Å². The first kappa shape index (κ1) is 28.5. The molecule has 0 unspecified atom stereocenters. The van der Waals surface area contributed by atoms with Crippen molar-refractivity contribution in [2.45, 2.75) is 55.8 Å². The van der Waals surface area contributed by atoms with Gasteiger partial charge in [0.2, 0.25) is 16.0 Å². The number of nitrogens with zero attached hydrogens (tertiary/aromatic N) is 5. The lowest BCUT2D eigenvalue weighted by Crippen LogP contribution is -2.61. The van der Waals surface area contributed by atoms with E-state index >= 15 is 0 Å². The highest BCUT2D eigenvalue weighted by Gasteiger charge is 2.52. The molecule has 2 N–H and O–H groups in total. The van der Waals surface area contributed by atoms with Gasteiger partial charge in [-0.3, -0.25) is 4.90 Å². The minimum absolute atomic E-state index is 0.0449. The maximum absolute atomic E-state index is 13.6. The van der Waals surface area contributed by atoms with E-state index in [1.54, 1.807) is 17.1 Å². The van der Waals surface area contributed by atoms with E-state index in [1.807, 2.05) is 0 Å². The van der Waals surface area contributed by atoms with Crippen LogP contribution in [0.5, 0.6) is 0 Å².